The van der Waals surface area contributed by atoms with Gasteiger partial charge in [0.15, 0.2) is 0 Å². The van der Waals surface area contributed by atoms with Gasteiger partial charge in [-0.15, -0.1) is 0 Å². The molecule has 1 aromatic heterocycles. The van der Waals surface area contributed by atoms with Gasteiger partial charge < -0.3 is 20.3 Å². The lowest BCUT2D eigenvalue weighted by Crippen LogP contribution is -2.48. The molecule has 0 bridgehead atoms. The first kappa shape index (κ1) is 15.8. The summed E-state index contributed by atoms with van der Waals surface area (Å²) < 4.78 is 2.06. The number of carbonyl (C=O) groups excluding carboxylic acids is 1. The van der Waals surface area contributed by atoms with Crippen LogP contribution < -0.4 is 10.6 Å². The molecule has 2 unspecified atom stereocenters. The molecule has 1 aliphatic rings. The molecule has 0 spiro atoms. The van der Waals surface area contributed by atoms with Crippen molar-refractivity contribution in [2.45, 2.75) is 64.8 Å². The van der Waals surface area contributed by atoms with Crippen LogP contribution in [0.15, 0.2) is 12.4 Å². The summed E-state index contributed by atoms with van der Waals surface area (Å²) in [6.07, 6.45) is 6.96. The second kappa shape index (κ2) is 7.45. The number of amides is 2. The van der Waals surface area contributed by atoms with E-state index in [4.69, 9.17) is 0 Å². The maximum Gasteiger partial charge on any atom is 0.315 e. The summed E-state index contributed by atoms with van der Waals surface area (Å²) in [5.41, 5.74) is 0. The third-order valence-corrected chi connectivity index (χ3v) is 3.82. The van der Waals surface area contributed by atoms with Crippen LogP contribution in [0.2, 0.25) is 0 Å². The standard InChI is InChI=1S/C15H26N4O2/c1-11(2)10-19-8-7-16-14(19)9-17-15(21)18-12-5-3-4-6-13(12)20/h7-8,11-13,20H,3-6,9-10H2,1-2H3,(H2,17,18,21). The van der Waals surface area contributed by atoms with Gasteiger partial charge in [0.25, 0.3) is 0 Å². The average Bonchev–Trinajstić information content (AvgIpc) is 2.85. The number of nitrogens with one attached hydrogen (secondary N) is 2. The molecule has 6 nitrogen and oxygen atoms in total. The van der Waals surface area contributed by atoms with Crippen LogP contribution in [0.4, 0.5) is 4.79 Å². The number of hydrogen-bond donors (Lipinski definition) is 3. The molecule has 1 fully saturated rings. The van der Waals surface area contributed by atoms with Gasteiger partial charge in [-0.3, -0.25) is 0 Å². The number of rotatable bonds is 5. The fourth-order valence-corrected chi connectivity index (χ4v) is 2.73. The molecule has 1 aromatic rings. The van der Waals surface area contributed by atoms with E-state index in [0.717, 1.165) is 38.1 Å². The van der Waals surface area contributed by atoms with Crippen molar-refractivity contribution >= 4 is 6.03 Å². The third-order valence-electron chi connectivity index (χ3n) is 3.82. The predicted octanol–water partition coefficient (Wildman–Crippen LogP) is 1.64. The van der Waals surface area contributed by atoms with Crippen LogP contribution in [0.5, 0.6) is 0 Å². The molecular weight excluding hydrogens is 268 g/mol. The van der Waals surface area contributed by atoms with Crippen LogP contribution in [0, 0.1) is 5.92 Å². The Morgan fingerprint density at radius 1 is 1.48 bits per heavy atom. The quantitative estimate of drug-likeness (QED) is 0.772. The highest BCUT2D eigenvalue weighted by Gasteiger charge is 2.24. The molecule has 1 heterocycles. The van der Waals surface area contributed by atoms with E-state index in [0.29, 0.717) is 12.5 Å². The number of imidazole rings is 1. The maximum atomic E-state index is 11.9. The average molecular weight is 294 g/mol. The zero-order valence-corrected chi connectivity index (χ0v) is 12.9. The first-order valence-corrected chi connectivity index (χ1v) is 7.78. The summed E-state index contributed by atoms with van der Waals surface area (Å²) in [5, 5.41) is 15.5. The summed E-state index contributed by atoms with van der Waals surface area (Å²) in [6.45, 7) is 5.58. The van der Waals surface area contributed by atoms with E-state index in [1.54, 1.807) is 6.20 Å². The Kier molecular flexibility index (Phi) is 5.61. The molecule has 0 radical (unpaired) electrons. The minimum Gasteiger partial charge on any atom is -0.391 e. The lowest BCUT2D eigenvalue weighted by atomic mass is 9.93. The molecule has 2 atom stereocenters. The topological polar surface area (TPSA) is 79.2 Å². The number of carbonyl (C=O) groups is 1. The number of urea groups is 1. The van der Waals surface area contributed by atoms with E-state index < -0.39 is 6.10 Å². The normalized spacial score (nSPS) is 22.3. The van der Waals surface area contributed by atoms with E-state index >= 15 is 0 Å². The first-order chi connectivity index (χ1) is 10.1. The van der Waals surface area contributed by atoms with Crippen molar-refractivity contribution in [2.75, 3.05) is 0 Å². The minimum absolute atomic E-state index is 0.130. The zero-order valence-electron chi connectivity index (χ0n) is 12.9. The lowest BCUT2D eigenvalue weighted by Gasteiger charge is -2.28. The van der Waals surface area contributed by atoms with Gasteiger partial charge in [-0.1, -0.05) is 26.7 Å². The molecule has 2 amide bonds. The first-order valence-electron chi connectivity index (χ1n) is 7.78. The van der Waals surface area contributed by atoms with Crippen LogP contribution in [0.1, 0.15) is 45.4 Å². The minimum atomic E-state index is -0.424. The number of nitrogens with zero attached hydrogens (tertiary/aromatic N) is 2. The Hall–Kier alpha value is -1.56. The predicted molar refractivity (Wildman–Crippen MR) is 80.7 cm³/mol. The Balaban J connectivity index is 1.80. The third kappa shape index (κ3) is 4.74. The Morgan fingerprint density at radius 2 is 2.24 bits per heavy atom. The van der Waals surface area contributed by atoms with Gasteiger partial charge in [-0.2, -0.15) is 0 Å². The summed E-state index contributed by atoms with van der Waals surface area (Å²) in [6, 6.07) is -0.366. The highest BCUT2D eigenvalue weighted by molar-refractivity contribution is 5.74. The van der Waals surface area contributed by atoms with Gasteiger partial charge in [0.1, 0.15) is 5.82 Å². The van der Waals surface area contributed by atoms with Gasteiger partial charge in [0.05, 0.1) is 18.7 Å². The lowest BCUT2D eigenvalue weighted by molar-refractivity contribution is 0.0943. The second-order valence-corrected chi connectivity index (χ2v) is 6.17. The number of aliphatic hydroxyl groups is 1. The highest BCUT2D eigenvalue weighted by atomic mass is 16.3. The van der Waals surface area contributed by atoms with Gasteiger partial charge in [-0.25, -0.2) is 9.78 Å². The van der Waals surface area contributed by atoms with Crippen molar-refractivity contribution in [3.63, 3.8) is 0 Å². The van der Waals surface area contributed by atoms with Crippen molar-refractivity contribution in [3.05, 3.63) is 18.2 Å². The molecule has 118 valence electrons. The van der Waals surface area contributed by atoms with Crippen molar-refractivity contribution in [2.24, 2.45) is 5.92 Å². The van der Waals surface area contributed by atoms with E-state index in [-0.39, 0.29) is 12.1 Å². The molecule has 3 N–H and O–H groups in total. The Labute approximate surface area is 125 Å². The molecule has 1 aliphatic carbocycles. The van der Waals surface area contributed by atoms with E-state index in [2.05, 4.69) is 34.0 Å². The fraction of sp³-hybridized carbons (Fsp3) is 0.733. The molecule has 0 aliphatic heterocycles. The van der Waals surface area contributed by atoms with Gasteiger partial charge in [0, 0.05) is 18.9 Å². The van der Waals surface area contributed by atoms with Crippen LogP contribution in [-0.4, -0.2) is 32.8 Å². The van der Waals surface area contributed by atoms with Crippen molar-refractivity contribution in [1.29, 1.82) is 0 Å². The smallest absolute Gasteiger partial charge is 0.315 e. The molecule has 1 saturated carbocycles. The Bertz CT molecular complexity index is 458. The monoisotopic (exact) mass is 294 g/mol. The molecular formula is C15H26N4O2. The SMILES string of the molecule is CC(C)Cn1ccnc1CNC(=O)NC1CCCCC1O. The Morgan fingerprint density at radius 3 is 2.95 bits per heavy atom. The number of hydrogen-bond acceptors (Lipinski definition) is 3. The van der Waals surface area contributed by atoms with Crippen LogP contribution in [0.3, 0.4) is 0 Å². The van der Waals surface area contributed by atoms with E-state index in [1.165, 1.54) is 0 Å². The van der Waals surface area contributed by atoms with Gasteiger partial charge >= 0.3 is 6.03 Å². The fourth-order valence-electron chi connectivity index (χ4n) is 2.73. The van der Waals surface area contributed by atoms with Gasteiger partial charge in [-0.05, 0) is 18.8 Å². The van der Waals surface area contributed by atoms with Crippen LogP contribution in [0.25, 0.3) is 0 Å². The van der Waals surface area contributed by atoms with Crippen molar-refractivity contribution in [3.8, 4) is 0 Å². The maximum absolute atomic E-state index is 11.9. The second-order valence-electron chi connectivity index (χ2n) is 6.17. The molecule has 21 heavy (non-hydrogen) atoms. The van der Waals surface area contributed by atoms with Crippen LogP contribution in [-0.2, 0) is 13.1 Å². The largest absolute Gasteiger partial charge is 0.391 e. The zero-order chi connectivity index (χ0) is 15.2. The molecule has 6 heteroatoms. The molecule has 0 aromatic carbocycles. The summed E-state index contributed by atoms with van der Waals surface area (Å²) in [5.74, 6) is 1.38. The van der Waals surface area contributed by atoms with Crippen molar-refractivity contribution < 1.29 is 9.90 Å². The molecule has 2 rings (SSSR count). The summed E-state index contributed by atoms with van der Waals surface area (Å²) in [7, 11) is 0. The van der Waals surface area contributed by atoms with Gasteiger partial charge in [0.2, 0.25) is 0 Å². The van der Waals surface area contributed by atoms with Crippen LogP contribution >= 0.6 is 0 Å². The number of aliphatic hydroxyl groups excluding tert-OH is 1. The summed E-state index contributed by atoms with van der Waals surface area (Å²) >= 11 is 0. The summed E-state index contributed by atoms with van der Waals surface area (Å²) in [4.78, 5) is 16.2. The highest BCUT2D eigenvalue weighted by Crippen LogP contribution is 2.18. The number of aromatic nitrogens is 2. The van der Waals surface area contributed by atoms with E-state index in [1.807, 2.05) is 6.20 Å². The van der Waals surface area contributed by atoms with E-state index in [9.17, 15) is 9.90 Å². The molecule has 0 saturated heterocycles. The van der Waals surface area contributed by atoms with Crippen molar-refractivity contribution in [1.82, 2.24) is 20.2 Å².